The molecule has 20 heavy (non-hydrogen) atoms. The molecule has 1 heterocycles. The average Bonchev–Trinajstić information content (AvgIpc) is 2.49. The van der Waals surface area contributed by atoms with Crippen molar-refractivity contribution in [1.82, 2.24) is 15.6 Å². The summed E-state index contributed by atoms with van der Waals surface area (Å²) in [6.45, 7) is 0.311. The van der Waals surface area contributed by atoms with E-state index in [1.54, 1.807) is 13.2 Å². The number of amides is 1. The number of carbonyl (C=O) groups excluding carboxylic acids is 1. The first-order chi connectivity index (χ1) is 9.79. The van der Waals surface area contributed by atoms with Gasteiger partial charge in [-0.3, -0.25) is 9.78 Å². The third-order valence-electron chi connectivity index (χ3n) is 3.01. The van der Waals surface area contributed by atoms with E-state index in [4.69, 9.17) is 0 Å². The Labute approximate surface area is 119 Å². The number of benzene rings is 1. The molecule has 0 radical (unpaired) electrons. The highest BCUT2D eigenvalue weighted by Gasteiger charge is 2.15. The molecule has 4 nitrogen and oxygen atoms in total. The van der Waals surface area contributed by atoms with Crippen molar-refractivity contribution in [2.45, 2.75) is 12.5 Å². The summed E-state index contributed by atoms with van der Waals surface area (Å²) >= 11 is 0. The quantitative estimate of drug-likeness (QED) is 0.839. The van der Waals surface area contributed by atoms with Crippen molar-refractivity contribution in [2.75, 3.05) is 13.6 Å². The van der Waals surface area contributed by atoms with Gasteiger partial charge in [0.15, 0.2) is 0 Å². The molecule has 0 fully saturated rings. The molecule has 1 amide bonds. The Hall–Kier alpha value is -2.20. The van der Waals surface area contributed by atoms with Crippen LogP contribution in [0, 0.1) is 0 Å². The molecule has 104 valence electrons. The van der Waals surface area contributed by atoms with E-state index < -0.39 is 0 Å². The van der Waals surface area contributed by atoms with Gasteiger partial charge >= 0.3 is 0 Å². The van der Waals surface area contributed by atoms with E-state index in [-0.39, 0.29) is 11.9 Å². The molecule has 0 unspecified atom stereocenters. The van der Waals surface area contributed by atoms with Crippen molar-refractivity contribution in [2.24, 2.45) is 0 Å². The topological polar surface area (TPSA) is 54.0 Å². The van der Waals surface area contributed by atoms with Crippen LogP contribution in [-0.2, 0) is 11.2 Å². The number of pyridine rings is 1. The second-order valence-electron chi connectivity index (χ2n) is 4.59. The van der Waals surface area contributed by atoms with E-state index in [1.807, 2.05) is 48.5 Å². The maximum atomic E-state index is 11.8. The second-order valence-corrected chi connectivity index (χ2v) is 4.59. The molecule has 1 aromatic heterocycles. The van der Waals surface area contributed by atoms with Crippen molar-refractivity contribution < 1.29 is 4.79 Å². The van der Waals surface area contributed by atoms with Crippen LogP contribution in [0.1, 0.15) is 17.3 Å². The van der Waals surface area contributed by atoms with E-state index in [9.17, 15) is 4.79 Å². The number of likely N-dealkylation sites (N-methyl/N-ethyl adjacent to an activating group) is 1. The number of carbonyl (C=O) groups is 1. The Morgan fingerprint density at radius 3 is 2.55 bits per heavy atom. The molecule has 1 aromatic carbocycles. The van der Waals surface area contributed by atoms with Gasteiger partial charge in [0.2, 0.25) is 5.91 Å². The van der Waals surface area contributed by atoms with Crippen LogP contribution < -0.4 is 10.6 Å². The largest absolute Gasteiger partial charge is 0.348 e. The molecule has 0 saturated carbocycles. The fraction of sp³-hybridized carbons (Fsp3) is 0.250. The highest BCUT2D eigenvalue weighted by atomic mass is 16.1. The fourth-order valence-electron chi connectivity index (χ4n) is 2.07. The first-order valence-electron chi connectivity index (χ1n) is 6.68. The zero-order chi connectivity index (χ0) is 14.2. The Balaban J connectivity index is 2.14. The normalized spacial score (nSPS) is 11.8. The zero-order valence-electron chi connectivity index (χ0n) is 11.5. The minimum Gasteiger partial charge on any atom is -0.348 e. The van der Waals surface area contributed by atoms with Crippen molar-refractivity contribution in [1.29, 1.82) is 0 Å². The molecule has 2 aromatic rings. The number of rotatable bonds is 6. The van der Waals surface area contributed by atoms with Gasteiger partial charge < -0.3 is 10.6 Å². The number of hydrogen-bond acceptors (Lipinski definition) is 3. The van der Waals surface area contributed by atoms with Gasteiger partial charge in [-0.2, -0.15) is 0 Å². The molecule has 0 saturated heterocycles. The summed E-state index contributed by atoms with van der Waals surface area (Å²) in [5, 5.41) is 5.90. The summed E-state index contributed by atoms with van der Waals surface area (Å²) in [5.41, 5.74) is 2.05. The van der Waals surface area contributed by atoms with E-state index in [1.165, 1.54) is 0 Å². The van der Waals surface area contributed by atoms with Gasteiger partial charge in [-0.25, -0.2) is 0 Å². The highest BCUT2D eigenvalue weighted by Crippen LogP contribution is 2.17. The molecule has 0 aliphatic rings. The molecular weight excluding hydrogens is 250 g/mol. The third-order valence-corrected chi connectivity index (χ3v) is 3.01. The first-order valence-corrected chi connectivity index (χ1v) is 6.68. The molecule has 0 aliphatic heterocycles. The molecule has 2 N–H and O–H groups in total. The van der Waals surface area contributed by atoms with E-state index in [2.05, 4.69) is 15.6 Å². The van der Waals surface area contributed by atoms with Gasteiger partial charge in [0.1, 0.15) is 0 Å². The molecular formula is C16H19N3O. The molecule has 2 rings (SSSR count). The lowest BCUT2D eigenvalue weighted by Gasteiger charge is -2.19. The lowest BCUT2D eigenvalue weighted by atomic mass is 10.0. The van der Waals surface area contributed by atoms with Crippen molar-refractivity contribution in [3.8, 4) is 0 Å². The van der Waals surface area contributed by atoms with Crippen LogP contribution in [0.25, 0.3) is 0 Å². The summed E-state index contributed by atoms with van der Waals surface area (Å²) in [7, 11) is 1.76. The fourth-order valence-corrected chi connectivity index (χ4v) is 2.07. The van der Waals surface area contributed by atoms with Gasteiger partial charge in [0.05, 0.1) is 12.6 Å². The van der Waals surface area contributed by atoms with Crippen LogP contribution in [0.4, 0.5) is 0 Å². The third kappa shape index (κ3) is 4.17. The minimum atomic E-state index is -0.0630. The smallest absolute Gasteiger partial charge is 0.234 e. The first kappa shape index (κ1) is 14.2. The van der Waals surface area contributed by atoms with E-state index >= 15 is 0 Å². The number of aromatic nitrogens is 1. The summed E-state index contributed by atoms with van der Waals surface area (Å²) in [6, 6.07) is 15.7. The van der Waals surface area contributed by atoms with Gasteiger partial charge in [-0.05, 0) is 24.7 Å². The van der Waals surface area contributed by atoms with Crippen LogP contribution in [0.15, 0.2) is 54.7 Å². The molecule has 0 spiro atoms. The molecule has 0 bridgehead atoms. The predicted octanol–water partition coefficient (Wildman–Crippen LogP) is 1.70. The Kier molecular flexibility index (Phi) is 5.26. The number of nitrogens with zero attached hydrogens (tertiary/aromatic N) is 1. The Morgan fingerprint density at radius 2 is 1.90 bits per heavy atom. The SMILES string of the molecule is CNCC(=O)N[C@@H](Cc1ccccn1)c1ccccc1. The Morgan fingerprint density at radius 1 is 1.15 bits per heavy atom. The number of hydrogen-bond donors (Lipinski definition) is 2. The van der Waals surface area contributed by atoms with E-state index in [0.717, 1.165) is 11.3 Å². The maximum absolute atomic E-state index is 11.8. The predicted molar refractivity (Wildman–Crippen MR) is 79.2 cm³/mol. The van der Waals surface area contributed by atoms with Gasteiger partial charge in [0.25, 0.3) is 0 Å². The zero-order valence-corrected chi connectivity index (χ0v) is 11.5. The minimum absolute atomic E-state index is 0.0164. The summed E-state index contributed by atoms with van der Waals surface area (Å²) < 4.78 is 0. The standard InChI is InChI=1S/C16H19N3O/c1-17-12-16(20)19-15(13-7-3-2-4-8-13)11-14-9-5-6-10-18-14/h2-10,15,17H,11-12H2,1H3,(H,19,20)/t15-/m0/s1. The van der Waals surface area contributed by atoms with Crippen LogP contribution in [0.2, 0.25) is 0 Å². The molecule has 4 heteroatoms. The number of nitrogens with one attached hydrogen (secondary N) is 2. The second kappa shape index (κ2) is 7.40. The summed E-state index contributed by atoms with van der Waals surface area (Å²) in [6.07, 6.45) is 2.45. The van der Waals surface area contributed by atoms with Crippen LogP contribution in [0.3, 0.4) is 0 Å². The highest BCUT2D eigenvalue weighted by molar-refractivity contribution is 5.78. The van der Waals surface area contributed by atoms with Gasteiger partial charge in [-0.15, -0.1) is 0 Å². The molecule has 1 atom stereocenters. The van der Waals surface area contributed by atoms with Crippen LogP contribution in [-0.4, -0.2) is 24.5 Å². The van der Waals surface area contributed by atoms with Crippen molar-refractivity contribution in [3.05, 3.63) is 66.0 Å². The van der Waals surface area contributed by atoms with Crippen molar-refractivity contribution in [3.63, 3.8) is 0 Å². The molecule has 0 aliphatic carbocycles. The summed E-state index contributed by atoms with van der Waals surface area (Å²) in [4.78, 5) is 16.2. The van der Waals surface area contributed by atoms with Gasteiger partial charge in [-0.1, -0.05) is 36.4 Å². The lowest BCUT2D eigenvalue weighted by molar-refractivity contribution is -0.120. The monoisotopic (exact) mass is 269 g/mol. The van der Waals surface area contributed by atoms with Crippen molar-refractivity contribution >= 4 is 5.91 Å². The van der Waals surface area contributed by atoms with Gasteiger partial charge in [0, 0.05) is 18.3 Å². The lowest BCUT2D eigenvalue weighted by Crippen LogP contribution is -2.36. The summed E-state index contributed by atoms with van der Waals surface area (Å²) in [5.74, 6) is -0.0164. The Bertz CT molecular complexity index is 528. The maximum Gasteiger partial charge on any atom is 0.234 e. The van der Waals surface area contributed by atoms with E-state index in [0.29, 0.717) is 13.0 Å². The average molecular weight is 269 g/mol. The van der Waals surface area contributed by atoms with Crippen LogP contribution >= 0.6 is 0 Å². The van der Waals surface area contributed by atoms with Crippen LogP contribution in [0.5, 0.6) is 0 Å².